The number of aryl methyl sites for hydroxylation is 1. The Morgan fingerprint density at radius 2 is 2.00 bits per heavy atom. The molecule has 1 N–H and O–H groups in total. The zero-order valence-electron chi connectivity index (χ0n) is 12.0. The Labute approximate surface area is 119 Å². The van der Waals surface area contributed by atoms with Crippen molar-refractivity contribution in [3.63, 3.8) is 0 Å². The maximum absolute atomic E-state index is 5.73. The van der Waals surface area contributed by atoms with Gasteiger partial charge in [0.1, 0.15) is 18.2 Å². The molecule has 5 heteroatoms. The predicted molar refractivity (Wildman–Crippen MR) is 77.8 cm³/mol. The van der Waals surface area contributed by atoms with Gasteiger partial charge in [-0.05, 0) is 24.6 Å². The smallest absolute Gasteiger partial charge is 0.168 e. The van der Waals surface area contributed by atoms with Gasteiger partial charge >= 0.3 is 0 Å². The van der Waals surface area contributed by atoms with Crippen LogP contribution in [0.15, 0.2) is 30.3 Å². The number of ether oxygens (including phenoxy) is 2. The van der Waals surface area contributed by atoms with E-state index in [4.69, 9.17) is 9.47 Å². The van der Waals surface area contributed by atoms with Crippen LogP contribution in [0, 0.1) is 6.92 Å². The van der Waals surface area contributed by atoms with E-state index in [1.54, 1.807) is 7.11 Å². The number of nitrogens with zero attached hydrogens (tertiary/aromatic N) is 2. The van der Waals surface area contributed by atoms with Crippen LogP contribution in [-0.4, -0.2) is 24.1 Å². The third-order valence-electron chi connectivity index (χ3n) is 2.73. The highest BCUT2D eigenvalue weighted by Gasteiger charge is 2.03. The minimum Gasteiger partial charge on any atom is -0.486 e. The molecule has 0 saturated carbocycles. The number of methoxy groups -OCH3 is 1. The molecule has 2 rings (SSSR count). The van der Waals surface area contributed by atoms with E-state index in [9.17, 15) is 0 Å². The molecule has 0 amide bonds. The molecule has 106 valence electrons. The molecule has 2 aromatic rings. The lowest BCUT2D eigenvalue weighted by molar-refractivity contribution is 0.184. The Kier molecular flexibility index (Phi) is 4.90. The Bertz CT molecular complexity index is 573. The van der Waals surface area contributed by atoms with Gasteiger partial charge in [-0.25, -0.2) is 9.97 Å². The number of anilines is 1. The molecule has 0 fully saturated rings. The molecule has 0 atom stereocenters. The fraction of sp³-hybridized carbons (Fsp3) is 0.333. The molecule has 1 heterocycles. The fourth-order valence-corrected chi connectivity index (χ4v) is 1.86. The summed E-state index contributed by atoms with van der Waals surface area (Å²) in [4.78, 5) is 8.71. The van der Waals surface area contributed by atoms with Crippen LogP contribution in [0.4, 0.5) is 5.82 Å². The van der Waals surface area contributed by atoms with Gasteiger partial charge in [-0.2, -0.15) is 0 Å². The van der Waals surface area contributed by atoms with Crippen LogP contribution in [0.2, 0.25) is 0 Å². The van der Waals surface area contributed by atoms with Gasteiger partial charge in [-0.1, -0.05) is 12.1 Å². The van der Waals surface area contributed by atoms with E-state index in [1.165, 1.54) is 0 Å². The number of rotatable bonds is 6. The lowest BCUT2D eigenvalue weighted by Crippen LogP contribution is -2.05. The van der Waals surface area contributed by atoms with E-state index in [2.05, 4.69) is 15.3 Å². The van der Waals surface area contributed by atoms with Crippen molar-refractivity contribution in [1.29, 1.82) is 0 Å². The van der Waals surface area contributed by atoms with Crippen molar-refractivity contribution in [1.82, 2.24) is 9.97 Å². The van der Waals surface area contributed by atoms with Crippen LogP contribution in [0.3, 0.4) is 0 Å². The van der Waals surface area contributed by atoms with E-state index in [1.807, 2.05) is 44.3 Å². The minimum atomic E-state index is 0.340. The highest BCUT2D eigenvalue weighted by atomic mass is 16.5. The van der Waals surface area contributed by atoms with E-state index >= 15 is 0 Å². The van der Waals surface area contributed by atoms with E-state index in [0.717, 1.165) is 22.8 Å². The van der Waals surface area contributed by atoms with Crippen molar-refractivity contribution < 1.29 is 9.47 Å². The standard InChI is InChI=1S/C15H19N3O2/c1-11-7-14(16-2)18-15(17-11)10-20-13-6-4-5-12(8-13)9-19-3/h4-8H,9-10H2,1-3H3,(H,16,17,18). The first-order valence-electron chi connectivity index (χ1n) is 6.44. The SMILES string of the molecule is CNc1cc(C)nc(COc2cccc(COC)c2)n1. The second-order valence-corrected chi connectivity index (χ2v) is 4.43. The Balaban J connectivity index is 2.04. The largest absolute Gasteiger partial charge is 0.486 e. The monoisotopic (exact) mass is 273 g/mol. The van der Waals surface area contributed by atoms with Crippen molar-refractivity contribution in [3.8, 4) is 5.75 Å². The molecule has 5 nitrogen and oxygen atoms in total. The Hall–Kier alpha value is -2.14. The highest BCUT2D eigenvalue weighted by Crippen LogP contribution is 2.15. The van der Waals surface area contributed by atoms with Crippen LogP contribution < -0.4 is 10.1 Å². The van der Waals surface area contributed by atoms with Gasteiger partial charge in [0.05, 0.1) is 6.61 Å². The lowest BCUT2D eigenvalue weighted by atomic mass is 10.2. The average Bonchev–Trinajstić information content (AvgIpc) is 2.45. The Morgan fingerprint density at radius 1 is 1.15 bits per heavy atom. The van der Waals surface area contributed by atoms with Crippen LogP contribution in [0.25, 0.3) is 0 Å². The second kappa shape index (κ2) is 6.86. The summed E-state index contributed by atoms with van der Waals surface area (Å²) >= 11 is 0. The van der Waals surface area contributed by atoms with Gasteiger partial charge in [0.2, 0.25) is 0 Å². The summed E-state index contributed by atoms with van der Waals surface area (Å²) in [6, 6.07) is 9.70. The molecule has 20 heavy (non-hydrogen) atoms. The number of hydrogen-bond acceptors (Lipinski definition) is 5. The molecule has 0 spiro atoms. The van der Waals surface area contributed by atoms with E-state index in [-0.39, 0.29) is 0 Å². The molecule has 0 radical (unpaired) electrons. The first kappa shape index (κ1) is 14.3. The maximum Gasteiger partial charge on any atom is 0.168 e. The third kappa shape index (κ3) is 3.93. The van der Waals surface area contributed by atoms with Crippen molar-refractivity contribution in [2.45, 2.75) is 20.1 Å². The van der Waals surface area contributed by atoms with Gasteiger partial charge < -0.3 is 14.8 Å². The summed E-state index contributed by atoms with van der Waals surface area (Å²) < 4.78 is 10.8. The van der Waals surface area contributed by atoms with E-state index in [0.29, 0.717) is 19.0 Å². The summed E-state index contributed by atoms with van der Waals surface area (Å²) in [5.41, 5.74) is 1.99. The summed E-state index contributed by atoms with van der Waals surface area (Å²) in [5, 5.41) is 3.01. The molecule has 0 saturated heterocycles. The van der Waals surface area contributed by atoms with Gasteiger partial charge in [0.15, 0.2) is 5.82 Å². The summed E-state index contributed by atoms with van der Waals surface area (Å²) in [5.74, 6) is 2.24. The van der Waals surface area contributed by atoms with Crippen LogP contribution in [0.5, 0.6) is 5.75 Å². The topological polar surface area (TPSA) is 56.3 Å². The number of benzene rings is 1. The molecular weight excluding hydrogens is 254 g/mol. The summed E-state index contributed by atoms with van der Waals surface area (Å²) in [6.07, 6.45) is 0. The number of aromatic nitrogens is 2. The molecule has 0 aliphatic heterocycles. The summed E-state index contributed by atoms with van der Waals surface area (Å²) in [6.45, 7) is 2.85. The van der Waals surface area contributed by atoms with Crippen molar-refractivity contribution >= 4 is 5.82 Å². The number of nitrogens with one attached hydrogen (secondary N) is 1. The van der Waals surface area contributed by atoms with Gasteiger partial charge in [-0.3, -0.25) is 0 Å². The van der Waals surface area contributed by atoms with Gasteiger partial charge in [0, 0.05) is 25.9 Å². The second-order valence-electron chi connectivity index (χ2n) is 4.43. The predicted octanol–water partition coefficient (Wildman–Crippen LogP) is 2.55. The quantitative estimate of drug-likeness (QED) is 0.876. The molecule has 1 aromatic carbocycles. The molecule has 0 aliphatic carbocycles. The molecule has 0 bridgehead atoms. The lowest BCUT2D eigenvalue weighted by Gasteiger charge is -2.09. The van der Waals surface area contributed by atoms with Crippen molar-refractivity contribution in [2.24, 2.45) is 0 Å². The van der Waals surface area contributed by atoms with Gasteiger partial charge in [-0.15, -0.1) is 0 Å². The maximum atomic E-state index is 5.73. The van der Waals surface area contributed by atoms with Crippen molar-refractivity contribution in [2.75, 3.05) is 19.5 Å². The average molecular weight is 273 g/mol. The summed E-state index contributed by atoms with van der Waals surface area (Å²) in [7, 11) is 3.51. The minimum absolute atomic E-state index is 0.340. The van der Waals surface area contributed by atoms with Crippen LogP contribution >= 0.6 is 0 Å². The molecule has 1 aromatic heterocycles. The van der Waals surface area contributed by atoms with Gasteiger partial charge in [0.25, 0.3) is 0 Å². The zero-order valence-corrected chi connectivity index (χ0v) is 12.0. The fourth-order valence-electron chi connectivity index (χ4n) is 1.86. The first-order valence-corrected chi connectivity index (χ1v) is 6.44. The molecular formula is C15H19N3O2. The Morgan fingerprint density at radius 3 is 2.75 bits per heavy atom. The zero-order chi connectivity index (χ0) is 14.4. The number of hydrogen-bond donors (Lipinski definition) is 1. The third-order valence-corrected chi connectivity index (χ3v) is 2.73. The van der Waals surface area contributed by atoms with Crippen LogP contribution in [-0.2, 0) is 18.0 Å². The molecule has 0 aliphatic rings. The van der Waals surface area contributed by atoms with E-state index < -0.39 is 0 Å². The molecule has 0 unspecified atom stereocenters. The first-order chi connectivity index (χ1) is 9.71. The normalized spacial score (nSPS) is 10.3. The highest BCUT2D eigenvalue weighted by molar-refractivity contribution is 5.34. The van der Waals surface area contributed by atoms with Crippen LogP contribution in [0.1, 0.15) is 17.1 Å². The van der Waals surface area contributed by atoms with Crippen molar-refractivity contribution in [3.05, 3.63) is 47.4 Å².